The minimum absolute atomic E-state index is 0.253. The van der Waals surface area contributed by atoms with Gasteiger partial charge in [-0.2, -0.15) is 8.42 Å². The molecule has 48 heavy (non-hydrogen) atoms. The molecule has 0 saturated carbocycles. The Hall–Kier alpha value is -1.42. The molecular formula is C35H65NO11S. The Bertz CT molecular complexity index is 978. The molecule has 0 radical (unpaired) electrons. The van der Waals surface area contributed by atoms with Crippen LogP contribution in [0.4, 0.5) is 0 Å². The van der Waals surface area contributed by atoms with E-state index in [0.29, 0.717) is 6.42 Å². The molecule has 7 unspecified atom stereocenters. The highest BCUT2D eigenvalue weighted by atomic mass is 32.3. The molecule has 0 bridgehead atoms. The molecule has 1 aliphatic heterocycles. The molecular weight excluding hydrogens is 642 g/mol. The van der Waals surface area contributed by atoms with E-state index in [4.69, 9.17) is 14.0 Å². The highest BCUT2D eigenvalue weighted by Crippen LogP contribution is 2.26. The maximum Gasteiger partial charge on any atom is 0.397 e. The molecule has 1 rings (SSSR count). The van der Waals surface area contributed by atoms with Crippen LogP contribution in [0.25, 0.3) is 0 Å². The molecule has 0 spiro atoms. The number of amides is 1. The first kappa shape index (κ1) is 44.6. The van der Waals surface area contributed by atoms with Gasteiger partial charge in [-0.1, -0.05) is 115 Å². The fourth-order valence-corrected chi connectivity index (χ4v) is 6.06. The second-order valence-electron chi connectivity index (χ2n) is 12.8. The minimum atomic E-state index is -5.07. The van der Waals surface area contributed by atoms with Crippen molar-refractivity contribution in [1.29, 1.82) is 0 Å². The van der Waals surface area contributed by atoms with E-state index in [0.717, 1.165) is 51.4 Å². The van der Waals surface area contributed by atoms with Gasteiger partial charge in [-0.05, 0) is 38.5 Å². The molecule has 0 aromatic carbocycles. The van der Waals surface area contributed by atoms with E-state index in [9.17, 15) is 33.6 Å². The summed E-state index contributed by atoms with van der Waals surface area (Å²) < 4.78 is 47.2. The van der Waals surface area contributed by atoms with Crippen LogP contribution in [0.1, 0.15) is 136 Å². The van der Waals surface area contributed by atoms with E-state index >= 15 is 0 Å². The molecule has 13 heteroatoms. The van der Waals surface area contributed by atoms with Crippen molar-refractivity contribution in [1.82, 2.24) is 5.32 Å². The largest absolute Gasteiger partial charge is 0.397 e. The maximum absolute atomic E-state index is 12.8. The summed E-state index contributed by atoms with van der Waals surface area (Å²) >= 11 is 0. The number of nitrogens with one attached hydrogen (secondary N) is 1. The Balaban J connectivity index is 2.70. The van der Waals surface area contributed by atoms with E-state index < -0.39 is 59.9 Å². The highest BCUT2D eigenvalue weighted by molar-refractivity contribution is 7.80. The van der Waals surface area contributed by atoms with Gasteiger partial charge in [0.15, 0.2) is 6.29 Å². The molecule has 282 valence electrons. The van der Waals surface area contributed by atoms with Gasteiger partial charge < -0.3 is 35.2 Å². The monoisotopic (exact) mass is 707 g/mol. The molecule has 1 amide bonds. The smallest absolute Gasteiger partial charge is 0.394 e. The van der Waals surface area contributed by atoms with Crippen LogP contribution in [0.5, 0.6) is 0 Å². The summed E-state index contributed by atoms with van der Waals surface area (Å²) in [5, 5.41) is 44.3. The molecule has 0 aromatic rings. The Morgan fingerprint density at radius 1 is 0.812 bits per heavy atom. The third-order valence-electron chi connectivity index (χ3n) is 8.48. The molecule has 1 saturated heterocycles. The van der Waals surface area contributed by atoms with Crippen molar-refractivity contribution in [2.75, 3.05) is 13.2 Å². The van der Waals surface area contributed by atoms with Crippen molar-refractivity contribution in [2.24, 2.45) is 0 Å². The molecule has 6 N–H and O–H groups in total. The van der Waals surface area contributed by atoms with Crippen LogP contribution in [0, 0.1) is 0 Å². The molecule has 0 aromatic heterocycles. The van der Waals surface area contributed by atoms with E-state index in [-0.39, 0.29) is 18.9 Å². The summed E-state index contributed by atoms with van der Waals surface area (Å²) in [5.41, 5.74) is 0. The van der Waals surface area contributed by atoms with E-state index in [2.05, 4.69) is 35.5 Å². The van der Waals surface area contributed by atoms with Gasteiger partial charge in [0.1, 0.15) is 24.4 Å². The zero-order valence-corrected chi connectivity index (χ0v) is 30.1. The first-order valence-corrected chi connectivity index (χ1v) is 19.6. The first-order chi connectivity index (χ1) is 23.0. The van der Waals surface area contributed by atoms with Gasteiger partial charge in [-0.3, -0.25) is 9.35 Å². The number of rotatable bonds is 29. The van der Waals surface area contributed by atoms with E-state index in [1.54, 1.807) is 6.08 Å². The normalized spacial score (nSPS) is 23.2. The predicted molar refractivity (Wildman–Crippen MR) is 185 cm³/mol. The van der Waals surface area contributed by atoms with Gasteiger partial charge >= 0.3 is 10.4 Å². The van der Waals surface area contributed by atoms with Gasteiger partial charge in [-0.15, -0.1) is 0 Å². The van der Waals surface area contributed by atoms with Crippen LogP contribution in [0.15, 0.2) is 24.3 Å². The Labute approximate surface area is 289 Å². The lowest BCUT2D eigenvalue weighted by molar-refractivity contribution is -0.298. The van der Waals surface area contributed by atoms with Gasteiger partial charge in [0.25, 0.3) is 0 Å². The number of aliphatic hydroxyl groups excluding tert-OH is 4. The molecule has 0 aliphatic carbocycles. The lowest BCUT2D eigenvalue weighted by Crippen LogP contribution is -2.61. The summed E-state index contributed by atoms with van der Waals surface area (Å²) in [6.45, 7) is 3.26. The maximum atomic E-state index is 12.8. The van der Waals surface area contributed by atoms with Gasteiger partial charge in [0.05, 0.1) is 25.4 Å². The fourth-order valence-electron chi connectivity index (χ4n) is 5.55. The van der Waals surface area contributed by atoms with Crippen LogP contribution in [-0.2, 0) is 28.9 Å². The zero-order valence-electron chi connectivity index (χ0n) is 29.3. The second-order valence-corrected chi connectivity index (χ2v) is 13.9. The molecule has 7 atom stereocenters. The minimum Gasteiger partial charge on any atom is -0.394 e. The number of carbonyl (C=O) groups is 1. The van der Waals surface area contributed by atoms with Crippen molar-refractivity contribution in [3.05, 3.63) is 24.3 Å². The van der Waals surface area contributed by atoms with Crippen LogP contribution in [0.3, 0.4) is 0 Å². The highest BCUT2D eigenvalue weighted by Gasteiger charge is 2.48. The number of unbranched alkanes of at least 4 members (excludes halogenated alkanes) is 15. The fraction of sp³-hybridized carbons (Fsp3) is 0.857. The number of hydrogen-bond donors (Lipinski definition) is 6. The Morgan fingerprint density at radius 2 is 1.35 bits per heavy atom. The first-order valence-electron chi connectivity index (χ1n) is 18.2. The summed E-state index contributed by atoms with van der Waals surface area (Å²) in [5.74, 6) is -0.282. The molecule has 1 fully saturated rings. The third kappa shape index (κ3) is 20.9. The average Bonchev–Trinajstić information content (AvgIpc) is 3.04. The summed E-state index contributed by atoms with van der Waals surface area (Å²) in [4.78, 5) is 12.8. The number of allylic oxidation sites excluding steroid dienone is 3. The third-order valence-corrected chi connectivity index (χ3v) is 8.94. The molecule has 1 heterocycles. The average molecular weight is 708 g/mol. The van der Waals surface area contributed by atoms with Crippen molar-refractivity contribution < 1.29 is 51.8 Å². The van der Waals surface area contributed by atoms with Crippen molar-refractivity contribution in [3.63, 3.8) is 0 Å². The summed E-state index contributed by atoms with van der Waals surface area (Å²) in [6, 6.07) is -0.943. The lowest BCUT2D eigenvalue weighted by atomic mass is 9.99. The van der Waals surface area contributed by atoms with Crippen molar-refractivity contribution in [2.45, 2.75) is 179 Å². The number of hydrogen-bond acceptors (Lipinski definition) is 10. The summed E-state index contributed by atoms with van der Waals surface area (Å²) in [6.07, 6.45) is 18.1. The van der Waals surface area contributed by atoms with Crippen LogP contribution in [-0.4, -0.2) is 95.4 Å². The topological polar surface area (TPSA) is 192 Å². The van der Waals surface area contributed by atoms with E-state index in [1.165, 1.54) is 57.8 Å². The van der Waals surface area contributed by atoms with E-state index in [1.807, 2.05) is 6.08 Å². The van der Waals surface area contributed by atoms with Gasteiger partial charge in [0, 0.05) is 6.42 Å². The quantitative estimate of drug-likeness (QED) is 0.0347. The summed E-state index contributed by atoms with van der Waals surface area (Å²) in [7, 11) is -5.07. The van der Waals surface area contributed by atoms with Gasteiger partial charge in [0.2, 0.25) is 5.91 Å². The number of aliphatic hydroxyl groups is 4. The van der Waals surface area contributed by atoms with Crippen LogP contribution in [0.2, 0.25) is 0 Å². The Morgan fingerprint density at radius 3 is 1.94 bits per heavy atom. The predicted octanol–water partition coefficient (Wildman–Crippen LogP) is 5.04. The second kappa shape index (κ2) is 27.3. The zero-order chi connectivity index (χ0) is 35.6. The standard InChI is InChI=1S/C35H65NO11S/c1-3-5-7-9-11-13-15-16-18-20-22-24-29(38)28(36-31(39)25-23-21-19-17-14-12-10-8-6-4-2)27-45-35-33(41)34(47-48(42,43)44)32(40)30(26-37)46-35/h10,12,22,24,28-30,32-35,37-38,40-41H,3-9,11,13-21,23,25-27H2,1-2H3,(H,36,39)(H,42,43,44)/b12-10-,24-22+. The number of carbonyl (C=O) groups excluding carboxylic acids is 1. The van der Waals surface area contributed by atoms with Crippen LogP contribution < -0.4 is 5.32 Å². The molecule has 12 nitrogen and oxygen atoms in total. The van der Waals surface area contributed by atoms with Crippen LogP contribution >= 0.6 is 0 Å². The number of ether oxygens (including phenoxy) is 2. The van der Waals surface area contributed by atoms with Gasteiger partial charge in [-0.25, -0.2) is 4.18 Å². The van der Waals surface area contributed by atoms with Crippen molar-refractivity contribution >= 4 is 16.3 Å². The SMILES string of the molecule is CCCC/C=C\CCCCCCC(=O)NC(COC1OC(CO)C(O)C(OS(=O)(=O)O)C1O)C(O)/C=C/CCCCCCCCCCC. The molecule has 1 aliphatic rings. The lowest BCUT2D eigenvalue weighted by Gasteiger charge is -2.41. The Kier molecular flexibility index (Phi) is 25.4. The van der Waals surface area contributed by atoms with Crippen molar-refractivity contribution in [3.8, 4) is 0 Å².